The molecule has 26 heavy (non-hydrogen) atoms. The first kappa shape index (κ1) is 24.0. The largest absolute Gasteiger partial charge is 0.480 e. The summed E-state index contributed by atoms with van der Waals surface area (Å²) in [5.41, 5.74) is 13.0. The molecule has 0 aromatic rings. The van der Waals surface area contributed by atoms with Crippen molar-refractivity contribution in [1.29, 1.82) is 0 Å². The first-order valence-electron chi connectivity index (χ1n) is 9.14. The van der Waals surface area contributed by atoms with Crippen LogP contribution in [0.25, 0.3) is 10.4 Å². The highest BCUT2D eigenvalue weighted by Gasteiger charge is 2.23. The van der Waals surface area contributed by atoms with Crippen molar-refractivity contribution in [2.45, 2.75) is 89.8 Å². The van der Waals surface area contributed by atoms with E-state index in [9.17, 15) is 9.59 Å². The zero-order chi connectivity index (χ0) is 20.0. The molecule has 1 atom stereocenters. The molecule has 150 valence electrons. The van der Waals surface area contributed by atoms with E-state index in [0.717, 1.165) is 0 Å². The summed E-state index contributed by atoms with van der Waals surface area (Å²) in [5.74, 6) is -1.12. The number of azide groups is 1. The minimum Gasteiger partial charge on any atom is -0.480 e. The molecule has 1 amide bonds. The number of nitrogens with one attached hydrogen (secondary N) is 1. The average molecular weight is 371 g/mol. The van der Waals surface area contributed by atoms with Gasteiger partial charge in [-0.05, 0) is 52.0 Å². The number of carbonyl (C=O) groups is 2. The van der Waals surface area contributed by atoms with Crippen LogP contribution in [0.15, 0.2) is 5.11 Å². The van der Waals surface area contributed by atoms with E-state index in [0.29, 0.717) is 25.4 Å². The van der Waals surface area contributed by atoms with Crippen LogP contribution in [0.1, 0.15) is 72.1 Å². The van der Waals surface area contributed by atoms with Gasteiger partial charge in [0.25, 0.3) is 0 Å². The van der Waals surface area contributed by atoms with Crippen LogP contribution in [0, 0.1) is 0 Å². The number of nitrogens with two attached hydrogens (primary N) is 1. The van der Waals surface area contributed by atoms with Gasteiger partial charge in [0.15, 0.2) is 0 Å². The van der Waals surface area contributed by atoms with Crippen LogP contribution in [0.5, 0.6) is 0 Å². The fourth-order valence-electron chi connectivity index (χ4n) is 2.42. The lowest BCUT2D eigenvalue weighted by atomic mass is 9.97. The number of carboxylic acids is 1. The molecule has 0 spiro atoms. The Kier molecular flexibility index (Phi) is 12.2. The van der Waals surface area contributed by atoms with Crippen molar-refractivity contribution in [3.8, 4) is 0 Å². The number of ether oxygens (including phenoxy) is 1. The van der Waals surface area contributed by atoms with Gasteiger partial charge in [-0.2, -0.15) is 0 Å². The Hall–Kier alpha value is -1.99. The van der Waals surface area contributed by atoms with E-state index in [4.69, 9.17) is 21.1 Å². The van der Waals surface area contributed by atoms with Crippen LogP contribution in [0.4, 0.5) is 4.79 Å². The first-order chi connectivity index (χ1) is 12.2. The maximum absolute atomic E-state index is 11.4. The van der Waals surface area contributed by atoms with E-state index >= 15 is 0 Å². The molecule has 1 rings (SSSR count). The Morgan fingerprint density at radius 1 is 1.31 bits per heavy atom. The lowest BCUT2D eigenvalue weighted by Gasteiger charge is -2.21. The van der Waals surface area contributed by atoms with Gasteiger partial charge >= 0.3 is 12.1 Å². The Labute approximate surface area is 155 Å². The zero-order valence-electron chi connectivity index (χ0n) is 16.1. The van der Waals surface area contributed by atoms with Gasteiger partial charge in [-0.1, -0.05) is 30.8 Å². The first-order valence-corrected chi connectivity index (χ1v) is 9.14. The standard InChI is InChI=1S/C11H20N4O4.C6H13N/c1-11(2,3)19-10(18)14-8(9(16)17)6-4-5-7-13-15-12;7-6-4-2-1-3-5-6/h8H,4-7H2,1-3H3,(H,14,18)(H,16,17);6H,1-5,7H2. The van der Waals surface area contributed by atoms with Gasteiger partial charge < -0.3 is 20.9 Å². The molecule has 1 fully saturated rings. The molecule has 1 aliphatic carbocycles. The molecule has 0 radical (unpaired) electrons. The summed E-state index contributed by atoms with van der Waals surface area (Å²) in [7, 11) is 0. The lowest BCUT2D eigenvalue weighted by Crippen LogP contribution is -2.43. The molecule has 0 aromatic carbocycles. The molecule has 1 unspecified atom stereocenters. The Morgan fingerprint density at radius 3 is 2.35 bits per heavy atom. The van der Waals surface area contributed by atoms with E-state index in [1.807, 2.05) is 0 Å². The Bertz CT molecular complexity index is 466. The second-order valence-corrected chi connectivity index (χ2v) is 7.39. The SMILES string of the molecule is CC(C)(C)OC(=O)NC(CCCCN=[N+]=[N-])C(=O)O.NC1CCCCC1. The second-order valence-electron chi connectivity index (χ2n) is 7.39. The summed E-state index contributed by atoms with van der Waals surface area (Å²) in [4.78, 5) is 25.0. The van der Waals surface area contributed by atoms with Crippen molar-refractivity contribution in [2.75, 3.05) is 6.54 Å². The smallest absolute Gasteiger partial charge is 0.408 e. The van der Waals surface area contributed by atoms with Crippen molar-refractivity contribution in [3.63, 3.8) is 0 Å². The maximum Gasteiger partial charge on any atom is 0.408 e. The van der Waals surface area contributed by atoms with Crippen LogP contribution in [-0.2, 0) is 9.53 Å². The third-order valence-electron chi connectivity index (χ3n) is 3.70. The number of hydrogen-bond acceptors (Lipinski definition) is 5. The lowest BCUT2D eigenvalue weighted by molar-refractivity contribution is -0.139. The molecule has 0 aromatic heterocycles. The monoisotopic (exact) mass is 371 g/mol. The average Bonchev–Trinajstić information content (AvgIpc) is 2.53. The van der Waals surface area contributed by atoms with Crippen LogP contribution in [-0.4, -0.2) is 41.4 Å². The van der Waals surface area contributed by atoms with Crippen molar-refractivity contribution in [1.82, 2.24) is 5.32 Å². The highest BCUT2D eigenvalue weighted by atomic mass is 16.6. The second kappa shape index (κ2) is 13.2. The quantitative estimate of drug-likeness (QED) is 0.269. The van der Waals surface area contributed by atoms with Crippen molar-refractivity contribution < 1.29 is 19.4 Å². The number of rotatable bonds is 7. The van der Waals surface area contributed by atoms with Gasteiger partial charge in [0.1, 0.15) is 11.6 Å². The maximum atomic E-state index is 11.4. The summed E-state index contributed by atoms with van der Waals surface area (Å²) in [6.45, 7) is 5.40. The van der Waals surface area contributed by atoms with E-state index in [1.54, 1.807) is 20.8 Å². The molecular weight excluding hydrogens is 338 g/mol. The summed E-state index contributed by atoms with van der Waals surface area (Å²) >= 11 is 0. The normalized spacial score (nSPS) is 15.7. The van der Waals surface area contributed by atoms with Gasteiger partial charge in [-0.3, -0.25) is 0 Å². The molecular formula is C17H33N5O4. The summed E-state index contributed by atoms with van der Waals surface area (Å²) in [6, 6.07) is -0.463. The fraction of sp³-hybridized carbons (Fsp3) is 0.882. The molecule has 0 bridgehead atoms. The number of hydrogen-bond donors (Lipinski definition) is 3. The minimum absolute atomic E-state index is 0.259. The number of unbranched alkanes of at least 4 members (excludes halogenated alkanes) is 1. The highest BCUT2D eigenvalue weighted by Crippen LogP contribution is 2.14. The van der Waals surface area contributed by atoms with Crippen molar-refractivity contribution >= 4 is 12.1 Å². The molecule has 0 heterocycles. The van der Waals surface area contributed by atoms with Gasteiger partial charge in [0.05, 0.1) is 0 Å². The zero-order valence-corrected chi connectivity index (χ0v) is 16.1. The minimum atomic E-state index is -1.12. The number of amides is 1. The van der Waals surface area contributed by atoms with Crippen LogP contribution in [0.2, 0.25) is 0 Å². The number of aliphatic carboxylic acids is 1. The number of carboxylic acid groups (broad SMARTS) is 1. The van der Waals surface area contributed by atoms with E-state index in [-0.39, 0.29) is 6.42 Å². The predicted octanol–water partition coefficient (Wildman–Crippen LogP) is 3.72. The summed E-state index contributed by atoms with van der Waals surface area (Å²) in [6.07, 6.45) is 7.27. The van der Waals surface area contributed by atoms with Gasteiger partial charge in [0.2, 0.25) is 0 Å². The third-order valence-corrected chi connectivity index (χ3v) is 3.70. The van der Waals surface area contributed by atoms with Gasteiger partial charge in [-0.25, -0.2) is 9.59 Å². The topological polar surface area (TPSA) is 150 Å². The number of carbonyl (C=O) groups excluding carboxylic acids is 1. The van der Waals surface area contributed by atoms with Crippen molar-refractivity contribution in [3.05, 3.63) is 10.4 Å². The van der Waals surface area contributed by atoms with Gasteiger partial charge in [-0.15, -0.1) is 0 Å². The van der Waals surface area contributed by atoms with Gasteiger partial charge in [0, 0.05) is 17.5 Å². The molecule has 0 aliphatic heterocycles. The number of alkyl carbamates (subject to hydrolysis) is 1. The Balaban J connectivity index is 0.000000735. The summed E-state index contributed by atoms with van der Waals surface area (Å²) in [5, 5.41) is 14.6. The molecule has 9 nitrogen and oxygen atoms in total. The van der Waals surface area contributed by atoms with Crippen LogP contribution in [0.3, 0.4) is 0 Å². The van der Waals surface area contributed by atoms with Crippen molar-refractivity contribution in [2.24, 2.45) is 10.8 Å². The third kappa shape index (κ3) is 14.4. The summed E-state index contributed by atoms with van der Waals surface area (Å²) < 4.78 is 4.98. The number of nitrogens with zero attached hydrogens (tertiary/aromatic N) is 3. The molecule has 0 saturated heterocycles. The molecule has 4 N–H and O–H groups in total. The van der Waals surface area contributed by atoms with Crippen LogP contribution < -0.4 is 11.1 Å². The van der Waals surface area contributed by atoms with E-state index in [2.05, 4.69) is 15.3 Å². The van der Waals surface area contributed by atoms with Crippen LogP contribution >= 0.6 is 0 Å². The highest BCUT2D eigenvalue weighted by molar-refractivity contribution is 5.79. The molecule has 9 heteroatoms. The van der Waals surface area contributed by atoms with E-state index in [1.165, 1.54) is 32.1 Å². The molecule has 1 aliphatic rings. The predicted molar refractivity (Wildman–Crippen MR) is 99.7 cm³/mol. The Morgan fingerprint density at radius 2 is 1.92 bits per heavy atom. The van der Waals surface area contributed by atoms with E-state index < -0.39 is 23.7 Å². The molecule has 1 saturated carbocycles. The fourth-order valence-corrected chi connectivity index (χ4v) is 2.42.